The van der Waals surface area contributed by atoms with Crippen LogP contribution in [0.3, 0.4) is 0 Å². The number of carbonyl (C=O) groups excluding carboxylic acids is 2. The van der Waals surface area contributed by atoms with E-state index >= 15 is 0 Å². The molecule has 4 aromatic rings. The molecular weight excluding hydrogens is 548 g/mol. The normalized spacial score (nSPS) is 13.9. The molecule has 8 nitrogen and oxygen atoms in total. The minimum absolute atomic E-state index is 0.0731. The minimum Gasteiger partial charge on any atom is -0.497 e. The highest BCUT2D eigenvalue weighted by molar-refractivity contribution is 7.09. The molecule has 2 amide bonds. The Hall–Kier alpha value is -4.37. The third-order valence-corrected chi connectivity index (χ3v) is 8.62. The second-order valence-corrected chi connectivity index (χ2v) is 11.4. The summed E-state index contributed by atoms with van der Waals surface area (Å²) >= 11 is 1.04. The molecular formula is C33H36N4O4S. The van der Waals surface area contributed by atoms with Crippen LogP contribution >= 0.6 is 11.5 Å². The monoisotopic (exact) mass is 584 g/mol. The van der Waals surface area contributed by atoms with E-state index in [4.69, 9.17) is 15.2 Å². The molecule has 3 aromatic carbocycles. The predicted molar refractivity (Wildman–Crippen MR) is 167 cm³/mol. The van der Waals surface area contributed by atoms with Gasteiger partial charge in [0.25, 0.3) is 5.91 Å². The quantitative estimate of drug-likeness (QED) is 0.233. The molecule has 1 aliphatic carbocycles. The third kappa shape index (κ3) is 5.97. The number of nitrogens with one attached hydrogen (secondary N) is 1. The Morgan fingerprint density at radius 3 is 2.19 bits per heavy atom. The van der Waals surface area contributed by atoms with Gasteiger partial charge in [0, 0.05) is 17.3 Å². The number of aromatic nitrogens is 1. The first-order valence-corrected chi connectivity index (χ1v) is 14.8. The van der Waals surface area contributed by atoms with Crippen LogP contribution in [0.4, 0.5) is 11.4 Å². The van der Waals surface area contributed by atoms with Crippen molar-refractivity contribution in [3.8, 4) is 22.8 Å². The number of hydrogen-bond acceptors (Lipinski definition) is 7. The van der Waals surface area contributed by atoms with Crippen LogP contribution < -0.4 is 25.4 Å². The van der Waals surface area contributed by atoms with Gasteiger partial charge in [-0.3, -0.25) is 14.5 Å². The summed E-state index contributed by atoms with van der Waals surface area (Å²) < 4.78 is 15.2. The molecule has 1 heterocycles. The Morgan fingerprint density at radius 1 is 0.952 bits per heavy atom. The maximum absolute atomic E-state index is 14.6. The fourth-order valence-electron chi connectivity index (χ4n) is 5.42. The van der Waals surface area contributed by atoms with E-state index in [2.05, 4.69) is 9.69 Å². The Balaban J connectivity index is 1.63. The molecule has 0 saturated heterocycles. The summed E-state index contributed by atoms with van der Waals surface area (Å²) in [6, 6.07) is 19.7. The SMILES string of the molecule is COc1ccc(-c2nsc(C(=O)N(c3cc(C)ccc3C)C(C(=O)NC3CCCC3)c3ccc(OC)cc3)c2N)cc1. The standard InChI is InChI=1S/C33H36N4O4S/c1-20-9-10-21(2)27(19-20)37(33(39)31-28(34)29(36-42-31)22-11-15-25(40-3)16-12-22)30(23-13-17-26(41-4)18-14-23)32(38)35-24-7-5-6-8-24/h9-19,24,30H,5-8,34H2,1-4H3,(H,35,38). The smallest absolute Gasteiger partial charge is 0.273 e. The second kappa shape index (κ2) is 12.7. The molecule has 0 bridgehead atoms. The van der Waals surface area contributed by atoms with Gasteiger partial charge < -0.3 is 20.5 Å². The first-order valence-electron chi connectivity index (χ1n) is 14.1. The van der Waals surface area contributed by atoms with Gasteiger partial charge in [0.05, 0.1) is 19.9 Å². The van der Waals surface area contributed by atoms with Crippen molar-refractivity contribution in [2.24, 2.45) is 0 Å². The summed E-state index contributed by atoms with van der Waals surface area (Å²) in [5.74, 6) is 0.746. The number of rotatable bonds is 9. The number of hydrogen-bond donors (Lipinski definition) is 2. The largest absolute Gasteiger partial charge is 0.497 e. The summed E-state index contributed by atoms with van der Waals surface area (Å²) in [7, 11) is 3.20. The van der Waals surface area contributed by atoms with E-state index in [-0.39, 0.29) is 28.4 Å². The Kier molecular flexibility index (Phi) is 8.77. The highest BCUT2D eigenvalue weighted by Crippen LogP contribution is 2.38. The molecule has 1 aliphatic rings. The number of aryl methyl sites for hydroxylation is 2. The van der Waals surface area contributed by atoms with Crippen molar-refractivity contribution in [3.05, 3.63) is 88.3 Å². The maximum Gasteiger partial charge on any atom is 0.273 e. The third-order valence-electron chi connectivity index (χ3n) is 7.77. The van der Waals surface area contributed by atoms with Gasteiger partial charge >= 0.3 is 0 Å². The lowest BCUT2D eigenvalue weighted by molar-refractivity contribution is -0.123. The van der Waals surface area contributed by atoms with E-state index in [0.29, 0.717) is 28.4 Å². The molecule has 0 spiro atoms. The molecule has 0 radical (unpaired) electrons. The average molecular weight is 585 g/mol. The lowest BCUT2D eigenvalue weighted by Crippen LogP contribution is -2.46. The predicted octanol–water partition coefficient (Wildman–Crippen LogP) is 6.47. The number of amides is 2. The van der Waals surface area contributed by atoms with E-state index in [0.717, 1.165) is 53.9 Å². The van der Waals surface area contributed by atoms with E-state index in [1.165, 1.54) is 0 Å². The number of ether oxygens (including phenoxy) is 2. The minimum atomic E-state index is -0.949. The Bertz CT molecular complexity index is 1560. The zero-order chi connectivity index (χ0) is 29.8. The lowest BCUT2D eigenvalue weighted by Gasteiger charge is -2.33. The van der Waals surface area contributed by atoms with Gasteiger partial charge in [-0.15, -0.1) is 0 Å². The number of benzene rings is 3. The highest BCUT2D eigenvalue weighted by atomic mass is 32.1. The van der Waals surface area contributed by atoms with Crippen LogP contribution in [0.5, 0.6) is 11.5 Å². The van der Waals surface area contributed by atoms with E-state index in [1.54, 1.807) is 31.3 Å². The van der Waals surface area contributed by atoms with Gasteiger partial charge in [-0.05, 0) is 97.4 Å². The van der Waals surface area contributed by atoms with Gasteiger partial charge in [-0.1, -0.05) is 37.1 Å². The van der Waals surface area contributed by atoms with E-state index in [1.807, 2.05) is 68.4 Å². The number of carbonyl (C=O) groups is 2. The van der Waals surface area contributed by atoms with Crippen molar-refractivity contribution in [1.82, 2.24) is 9.69 Å². The lowest BCUT2D eigenvalue weighted by atomic mass is 9.99. The van der Waals surface area contributed by atoms with Gasteiger partial charge in [-0.25, -0.2) is 0 Å². The maximum atomic E-state index is 14.6. The Morgan fingerprint density at radius 2 is 1.57 bits per heavy atom. The van der Waals surface area contributed by atoms with Crippen molar-refractivity contribution < 1.29 is 19.1 Å². The number of nitrogen functional groups attached to an aromatic ring is 1. The summed E-state index contributed by atoms with van der Waals surface area (Å²) in [5, 5.41) is 3.23. The van der Waals surface area contributed by atoms with Gasteiger partial charge in [0.2, 0.25) is 5.91 Å². The number of nitrogens with zero attached hydrogens (tertiary/aromatic N) is 2. The molecule has 1 unspecified atom stereocenters. The first-order chi connectivity index (χ1) is 20.3. The van der Waals surface area contributed by atoms with Gasteiger partial charge in [-0.2, -0.15) is 4.37 Å². The van der Waals surface area contributed by atoms with Crippen molar-refractivity contribution >= 4 is 34.7 Å². The van der Waals surface area contributed by atoms with Crippen LogP contribution in [0.15, 0.2) is 66.7 Å². The summed E-state index contributed by atoms with van der Waals surface area (Å²) in [4.78, 5) is 30.7. The molecule has 3 N–H and O–H groups in total. The van der Waals surface area contributed by atoms with E-state index in [9.17, 15) is 9.59 Å². The van der Waals surface area contributed by atoms with Gasteiger partial charge in [0.15, 0.2) is 0 Å². The first kappa shape index (κ1) is 29.1. The van der Waals surface area contributed by atoms with E-state index < -0.39 is 6.04 Å². The molecule has 218 valence electrons. The zero-order valence-corrected chi connectivity index (χ0v) is 25.2. The van der Waals surface area contributed by atoms with Crippen LogP contribution in [0, 0.1) is 13.8 Å². The molecule has 42 heavy (non-hydrogen) atoms. The molecule has 0 aliphatic heterocycles. The molecule has 1 saturated carbocycles. The molecule has 1 fully saturated rings. The van der Waals surface area contributed by atoms with Crippen LogP contribution in [0.2, 0.25) is 0 Å². The van der Waals surface area contributed by atoms with Crippen LogP contribution in [0.25, 0.3) is 11.3 Å². The van der Waals surface area contributed by atoms with Crippen molar-refractivity contribution in [2.75, 3.05) is 24.9 Å². The zero-order valence-electron chi connectivity index (χ0n) is 24.3. The summed E-state index contributed by atoms with van der Waals surface area (Å²) in [5.41, 5.74) is 11.3. The fraction of sp³-hybridized carbons (Fsp3) is 0.303. The average Bonchev–Trinajstić information content (AvgIpc) is 3.66. The van der Waals surface area contributed by atoms with Crippen molar-refractivity contribution in [1.29, 1.82) is 0 Å². The number of anilines is 2. The van der Waals surface area contributed by atoms with Crippen LogP contribution in [-0.2, 0) is 4.79 Å². The topological polar surface area (TPSA) is 107 Å². The van der Waals surface area contributed by atoms with Crippen LogP contribution in [-0.4, -0.2) is 36.4 Å². The molecule has 9 heteroatoms. The second-order valence-electron chi connectivity index (χ2n) is 10.6. The molecule has 1 aromatic heterocycles. The summed E-state index contributed by atoms with van der Waals surface area (Å²) in [6.45, 7) is 3.91. The van der Waals surface area contributed by atoms with Gasteiger partial charge in [0.1, 0.15) is 28.1 Å². The fourth-order valence-corrected chi connectivity index (χ4v) is 6.17. The molecule has 5 rings (SSSR count). The van der Waals surface area contributed by atoms with Crippen LogP contribution in [0.1, 0.15) is 58.1 Å². The Labute approximate surface area is 250 Å². The molecule has 1 atom stereocenters. The van der Waals surface area contributed by atoms with Crippen molar-refractivity contribution in [3.63, 3.8) is 0 Å². The summed E-state index contributed by atoms with van der Waals surface area (Å²) in [6.07, 6.45) is 3.99. The number of methoxy groups -OCH3 is 2. The van der Waals surface area contributed by atoms with Crippen molar-refractivity contribution in [2.45, 2.75) is 51.6 Å². The number of nitrogens with two attached hydrogens (primary N) is 1. The highest BCUT2D eigenvalue weighted by Gasteiger charge is 2.37.